The van der Waals surface area contributed by atoms with E-state index in [4.69, 9.17) is 5.84 Å². The van der Waals surface area contributed by atoms with Crippen LogP contribution in [0.25, 0.3) is 10.9 Å². The predicted molar refractivity (Wildman–Crippen MR) is 79.4 cm³/mol. The molecule has 5 nitrogen and oxygen atoms in total. The standard InChI is InChI=1S/C15H14N4O/c16-18-15-12(10-19-7-5-13(20)6-8-19)9-11-3-1-2-4-14(11)17-15/h1-9H,10,16H2,(H,17,18). The van der Waals surface area contributed by atoms with Crippen LogP contribution in [-0.4, -0.2) is 9.55 Å². The van der Waals surface area contributed by atoms with Crippen molar-refractivity contribution >= 4 is 16.7 Å². The van der Waals surface area contributed by atoms with Crippen molar-refractivity contribution in [1.82, 2.24) is 9.55 Å². The largest absolute Gasteiger partial charge is 0.349 e. The van der Waals surface area contributed by atoms with Gasteiger partial charge < -0.3 is 9.99 Å². The van der Waals surface area contributed by atoms with Gasteiger partial charge in [-0.1, -0.05) is 18.2 Å². The van der Waals surface area contributed by atoms with Gasteiger partial charge in [-0.3, -0.25) is 4.79 Å². The van der Waals surface area contributed by atoms with E-state index >= 15 is 0 Å². The fourth-order valence-electron chi connectivity index (χ4n) is 2.15. The molecule has 0 unspecified atom stereocenters. The maximum absolute atomic E-state index is 11.1. The molecule has 3 N–H and O–H groups in total. The lowest BCUT2D eigenvalue weighted by molar-refractivity contribution is 0.787. The van der Waals surface area contributed by atoms with Gasteiger partial charge in [0.2, 0.25) is 0 Å². The van der Waals surface area contributed by atoms with Crippen molar-refractivity contribution in [3.05, 3.63) is 70.6 Å². The maximum atomic E-state index is 11.1. The number of hydrazine groups is 1. The van der Waals surface area contributed by atoms with Gasteiger partial charge in [-0.25, -0.2) is 10.8 Å². The third-order valence-corrected chi connectivity index (χ3v) is 3.15. The van der Waals surface area contributed by atoms with Crippen LogP contribution >= 0.6 is 0 Å². The molecule has 5 heteroatoms. The third-order valence-electron chi connectivity index (χ3n) is 3.15. The van der Waals surface area contributed by atoms with Gasteiger partial charge >= 0.3 is 0 Å². The number of nitrogen functional groups attached to an aromatic ring is 1. The number of nitrogens with zero attached hydrogens (tertiary/aromatic N) is 2. The first-order chi connectivity index (χ1) is 9.76. The summed E-state index contributed by atoms with van der Waals surface area (Å²) in [5.41, 5.74) is 4.49. The minimum absolute atomic E-state index is 0.00457. The molecule has 0 radical (unpaired) electrons. The van der Waals surface area contributed by atoms with Gasteiger partial charge in [-0.2, -0.15) is 0 Å². The van der Waals surface area contributed by atoms with Gasteiger partial charge in [0.25, 0.3) is 0 Å². The quantitative estimate of drug-likeness (QED) is 0.559. The molecule has 3 aromatic rings. The average Bonchev–Trinajstić information content (AvgIpc) is 2.49. The Labute approximate surface area is 115 Å². The number of benzene rings is 1. The molecule has 0 spiro atoms. The van der Waals surface area contributed by atoms with Crippen LogP contribution in [0.15, 0.2) is 59.7 Å². The predicted octanol–water partition coefficient (Wildman–Crippen LogP) is 1.73. The van der Waals surface area contributed by atoms with Gasteiger partial charge in [0.1, 0.15) is 5.82 Å². The number of nitrogens with two attached hydrogens (primary N) is 1. The van der Waals surface area contributed by atoms with E-state index in [-0.39, 0.29) is 5.43 Å². The van der Waals surface area contributed by atoms with E-state index in [1.165, 1.54) is 12.1 Å². The zero-order chi connectivity index (χ0) is 13.9. The Morgan fingerprint density at radius 1 is 1.15 bits per heavy atom. The second kappa shape index (κ2) is 5.14. The van der Waals surface area contributed by atoms with Gasteiger partial charge in [0, 0.05) is 35.5 Å². The summed E-state index contributed by atoms with van der Waals surface area (Å²) in [6, 6.07) is 13.0. The summed E-state index contributed by atoms with van der Waals surface area (Å²) in [5, 5.41) is 1.06. The summed E-state index contributed by atoms with van der Waals surface area (Å²) in [5.74, 6) is 6.19. The van der Waals surface area contributed by atoms with Crippen LogP contribution in [0.3, 0.4) is 0 Å². The molecule has 2 aromatic heterocycles. The molecule has 0 aliphatic carbocycles. The van der Waals surface area contributed by atoms with Crippen molar-refractivity contribution in [2.75, 3.05) is 5.43 Å². The highest BCUT2D eigenvalue weighted by molar-refractivity contribution is 5.81. The first kappa shape index (κ1) is 12.4. The fraction of sp³-hybridized carbons (Fsp3) is 0.0667. The number of aromatic nitrogens is 2. The molecule has 0 bridgehead atoms. The summed E-state index contributed by atoms with van der Waals surface area (Å²) >= 11 is 0. The molecular weight excluding hydrogens is 252 g/mol. The Kier molecular flexibility index (Phi) is 3.18. The monoisotopic (exact) mass is 266 g/mol. The first-order valence-electron chi connectivity index (χ1n) is 6.27. The third kappa shape index (κ3) is 2.39. The highest BCUT2D eigenvalue weighted by Gasteiger charge is 2.06. The molecule has 0 saturated heterocycles. The van der Waals surface area contributed by atoms with Crippen LogP contribution in [0.2, 0.25) is 0 Å². The molecule has 0 aliphatic rings. The summed E-state index contributed by atoms with van der Waals surface area (Å²) in [6.07, 6.45) is 3.50. The van der Waals surface area contributed by atoms with Gasteiger partial charge in [-0.15, -0.1) is 0 Å². The maximum Gasteiger partial charge on any atom is 0.181 e. The smallest absolute Gasteiger partial charge is 0.181 e. The van der Waals surface area contributed by atoms with Crippen LogP contribution < -0.4 is 16.7 Å². The van der Waals surface area contributed by atoms with E-state index in [1.54, 1.807) is 12.4 Å². The van der Waals surface area contributed by atoms with E-state index in [1.807, 2.05) is 28.8 Å². The Hall–Kier alpha value is -2.66. The summed E-state index contributed by atoms with van der Waals surface area (Å²) < 4.78 is 1.91. The SMILES string of the molecule is NNc1nc2ccccc2cc1Cn1ccc(=O)cc1. The van der Waals surface area contributed by atoms with Crippen molar-refractivity contribution in [1.29, 1.82) is 0 Å². The number of para-hydroxylation sites is 1. The summed E-state index contributed by atoms with van der Waals surface area (Å²) in [6.45, 7) is 0.595. The Balaban J connectivity index is 2.05. The minimum Gasteiger partial charge on any atom is -0.349 e. The van der Waals surface area contributed by atoms with E-state index in [2.05, 4.69) is 16.5 Å². The molecule has 0 aliphatic heterocycles. The summed E-state index contributed by atoms with van der Waals surface area (Å²) in [4.78, 5) is 15.6. The molecule has 0 amide bonds. The van der Waals surface area contributed by atoms with Crippen LogP contribution in [0.1, 0.15) is 5.56 Å². The van der Waals surface area contributed by atoms with Crippen molar-refractivity contribution in [3.8, 4) is 0 Å². The van der Waals surface area contributed by atoms with E-state index < -0.39 is 0 Å². The number of hydrogen-bond donors (Lipinski definition) is 2. The lowest BCUT2D eigenvalue weighted by Gasteiger charge is -2.11. The van der Waals surface area contributed by atoms with Crippen LogP contribution in [0.5, 0.6) is 0 Å². The lowest BCUT2D eigenvalue weighted by atomic mass is 10.1. The van der Waals surface area contributed by atoms with Gasteiger partial charge in [0.15, 0.2) is 5.43 Å². The molecule has 0 atom stereocenters. The highest BCUT2D eigenvalue weighted by atomic mass is 16.1. The normalized spacial score (nSPS) is 10.7. The second-order valence-electron chi connectivity index (χ2n) is 4.54. The van der Waals surface area contributed by atoms with Gasteiger partial charge in [0.05, 0.1) is 12.1 Å². The number of nitrogens with one attached hydrogen (secondary N) is 1. The molecule has 0 saturated carbocycles. The Bertz CT molecular complexity index is 790. The number of hydrogen-bond acceptors (Lipinski definition) is 4. The van der Waals surface area contributed by atoms with Crippen LogP contribution in [0.4, 0.5) is 5.82 Å². The van der Waals surface area contributed by atoms with E-state index in [9.17, 15) is 4.79 Å². The average molecular weight is 266 g/mol. The molecule has 0 fully saturated rings. The number of pyridine rings is 2. The number of fused-ring (bicyclic) bond motifs is 1. The van der Waals surface area contributed by atoms with Gasteiger partial charge in [-0.05, 0) is 12.1 Å². The lowest BCUT2D eigenvalue weighted by Crippen LogP contribution is -2.13. The van der Waals surface area contributed by atoms with Crippen molar-refractivity contribution < 1.29 is 0 Å². The minimum atomic E-state index is -0.00457. The Morgan fingerprint density at radius 2 is 1.90 bits per heavy atom. The van der Waals surface area contributed by atoms with Crippen molar-refractivity contribution in [2.24, 2.45) is 5.84 Å². The van der Waals surface area contributed by atoms with Crippen LogP contribution in [-0.2, 0) is 6.54 Å². The zero-order valence-corrected chi connectivity index (χ0v) is 10.8. The molecule has 2 heterocycles. The molecule has 20 heavy (non-hydrogen) atoms. The zero-order valence-electron chi connectivity index (χ0n) is 10.8. The molecular formula is C15H14N4O. The van der Waals surface area contributed by atoms with E-state index in [0.717, 1.165) is 16.5 Å². The Morgan fingerprint density at radius 3 is 2.65 bits per heavy atom. The first-order valence-corrected chi connectivity index (χ1v) is 6.27. The molecule has 1 aromatic carbocycles. The fourth-order valence-corrected chi connectivity index (χ4v) is 2.15. The number of rotatable bonds is 3. The van der Waals surface area contributed by atoms with Crippen molar-refractivity contribution in [2.45, 2.75) is 6.54 Å². The summed E-state index contributed by atoms with van der Waals surface area (Å²) in [7, 11) is 0. The van der Waals surface area contributed by atoms with Crippen LogP contribution in [0, 0.1) is 0 Å². The van der Waals surface area contributed by atoms with E-state index in [0.29, 0.717) is 12.4 Å². The molecule has 3 rings (SSSR count). The second-order valence-corrected chi connectivity index (χ2v) is 4.54. The number of anilines is 1. The molecule has 100 valence electrons. The van der Waals surface area contributed by atoms with Crippen molar-refractivity contribution in [3.63, 3.8) is 0 Å². The highest BCUT2D eigenvalue weighted by Crippen LogP contribution is 2.20. The topological polar surface area (TPSA) is 72.9 Å².